The van der Waals surface area contributed by atoms with Crippen molar-refractivity contribution in [3.8, 4) is 11.1 Å². The van der Waals surface area contributed by atoms with Crippen LogP contribution in [0.4, 0.5) is 10.5 Å². The number of rotatable bonds is 5. The van der Waals surface area contributed by atoms with Gasteiger partial charge in [-0.3, -0.25) is 4.79 Å². The highest BCUT2D eigenvalue weighted by molar-refractivity contribution is 5.95. The van der Waals surface area contributed by atoms with Crippen LogP contribution < -0.4 is 16.0 Å². The summed E-state index contributed by atoms with van der Waals surface area (Å²) in [5, 5.41) is 8.19. The lowest BCUT2D eigenvalue weighted by atomic mass is 10.1. The summed E-state index contributed by atoms with van der Waals surface area (Å²) < 4.78 is 0. The zero-order valence-electron chi connectivity index (χ0n) is 16.3. The number of aryl methyl sites for hydroxylation is 1. The van der Waals surface area contributed by atoms with Gasteiger partial charge in [0, 0.05) is 12.2 Å². The van der Waals surface area contributed by atoms with Crippen LogP contribution in [0.5, 0.6) is 0 Å². The average Bonchev–Trinajstić information content (AvgIpc) is 3.09. The SMILES string of the molecule is Cc1ccc(CNC(=O)NCC(=O)Nc2ccc3c(c2)Cc2ccccc2-3)cc1. The Hall–Kier alpha value is -3.60. The number of hydrogen-bond donors (Lipinski definition) is 3. The van der Waals surface area contributed by atoms with Crippen molar-refractivity contribution in [3.05, 3.63) is 89.0 Å². The minimum Gasteiger partial charge on any atom is -0.334 e. The second-order valence-electron chi connectivity index (χ2n) is 7.28. The van der Waals surface area contributed by atoms with Gasteiger partial charge in [-0.25, -0.2) is 4.79 Å². The molecule has 1 aliphatic carbocycles. The van der Waals surface area contributed by atoms with Gasteiger partial charge in [0.1, 0.15) is 0 Å². The van der Waals surface area contributed by atoms with E-state index in [1.807, 2.05) is 61.5 Å². The van der Waals surface area contributed by atoms with Crippen LogP contribution >= 0.6 is 0 Å². The summed E-state index contributed by atoms with van der Waals surface area (Å²) in [4.78, 5) is 24.1. The molecular weight excluding hydrogens is 362 g/mol. The van der Waals surface area contributed by atoms with Crippen molar-refractivity contribution in [1.29, 1.82) is 0 Å². The summed E-state index contributed by atoms with van der Waals surface area (Å²) in [5.74, 6) is -0.258. The van der Waals surface area contributed by atoms with Crippen molar-refractivity contribution in [1.82, 2.24) is 10.6 Å². The van der Waals surface area contributed by atoms with E-state index in [-0.39, 0.29) is 18.5 Å². The van der Waals surface area contributed by atoms with E-state index >= 15 is 0 Å². The minimum atomic E-state index is -0.370. The van der Waals surface area contributed by atoms with Gasteiger partial charge in [0.25, 0.3) is 0 Å². The van der Waals surface area contributed by atoms with Crippen molar-refractivity contribution >= 4 is 17.6 Å². The van der Waals surface area contributed by atoms with Crippen LogP contribution in [-0.2, 0) is 17.8 Å². The lowest BCUT2D eigenvalue weighted by molar-refractivity contribution is -0.115. The largest absolute Gasteiger partial charge is 0.334 e. The van der Waals surface area contributed by atoms with E-state index in [9.17, 15) is 9.59 Å². The molecule has 0 aliphatic heterocycles. The molecule has 0 atom stereocenters. The number of fused-ring (bicyclic) bond motifs is 3. The first-order valence-electron chi connectivity index (χ1n) is 9.67. The maximum Gasteiger partial charge on any atom is 0.315 e. The Morgan fingerprint density at radius 3 is 2.45 bits per heavy atom. The summed E-state index contributed by atoms with van der Waals surface area (Å²) >= 11 is 0. The first kappa shape index (κ1) is 18.7. The molecule has 4 rings (SSSR count). The van der Waals surface area contributed by atoms with Gasteiger partial charge in [-0.2, -0.15) is 0 Å². The fourth-order valence-electron chi connectivity index (χ4n) is 3.54. The number of urea groups is 1. The quantitative estimate of drug-likeness (QED) is 0.486. The molecule has 0 heterocycles. The van der Waals surface area contributed by atoms with E-state index in [4.69, 9.17) is 0 Å². The summed E-state index contributed by atoms with van der Waals surface area (Å²) in [6.07, 6.45) is 0.870. The van der Waals surface area contributed by atoms with Gasteiger partial charge < -0.3 is 16.0 Å². The highest BCUT2D eigenvalue weighted by atomic mass is 16.2. The molecule has 3 aromatic carbocycles. The molecule has 0 bridgehead atoms. The Morgan fingerprint density at radius 1 is 0.862 bits per heavy atom. The molecule has 29 heavy (non-hydrogen) atoms. The Morgan fingerprint density at radius 2 is 1.62 bits per heavy atom. The van der Waals surface area contributed by atoms with Crippen LogP contribution in [-0.4, -0.2) is 18.5 Å². The second kappa shape index (κ2) is 8.19. The normalized spacial score (nSPS) is 11.3. The van der Waals surface area contributed by atoms with Crippen molar-refractivity contribution in [2.24, 2.45) is 0 Å². The second-order valence-corrected chi connectivity index (χ2v) is 7.28. The number of hydrogen-bond acceptors (Lipinski definition) is 2. The van der Waals surface area contributed by atoms with Crippen LogP contribution in [0.2, 0.25) is 0 Å². The highest BCUT2D eigenvalue weighted by Crippen LogP contribution is 2.37. The van der Waals surface area contributed by atoms with Crippen LogP contribution in [0.3, 0.4) is 0 Å². The molecule has 0 unspecified atom stereocenters. The van der Waals surface area contributed by atoms with Crippen molar-refractivity contribution in [3.63, 3.8) is 0 Å². The third-order valence-electron chi connectivity index (χ3n) is 5.06. The first-order chi connectivity index (χ1) is 14.1. The number of carbonyl (C=O) groups excluding carboxylic acids is 2. The highest BCUT2D eigenvalue weighted by Gasteiger charge is 2.18. The third kappa shape index (κ3) is 4.46. The fourth-order valence-corrected chi connectivity index (χ4v) is 3.54. The van der Waals surface area contributed by atoms with E-state index in [0.29, 0.717) is 6.54 Å². The molecule has 0 saturated heterocycles. The Kier molecular flexibility index (Phi) is 5.29. The molecule has 146 valence electrons. The maximum absolute atomic E-state index is 12.2. The zero-order valence-corrected chi connectivity index (χ0v) is 16.3. The molecule has 3 amide bonds. The zero-order chi connectivity index (χ0) is 20.2. The molecule has 0 spiro atoms. The van der Waals surface area contributed by atoms with E-state index in [1.54, 1.807) is 0 Å². The van der Waals surface area contributed by atoms with E-state index < -0.39 is 0 Å². The smallest absolute Gasteiger partial charge is 0.315 e. The molecule has 1 aliphatic rings. The molecule has 5 heteroatoms. The van der Waals surface area contributed by atoms with Crippen molar-refractivity contribution in [2.45, 2.75) is 19.9 Å². The van der Waals surface area contributed by atoms with Gasteiger partial charge in [-0.05, 0) is 53.3 Å². The molecule has 5 nitrogen and oxygen atoms in total. The van der Waals surface area contributed by atoms with Gasteiger partial charge in [0.05, 0.1) is 6.54 Å². The van der Waals surface area contributed by atoms with Crippen molar-refractivity contribution < 1.29 is 9.59 Å². The fraction of sp³-hybridized carbons (Fsp3) is 0.167. The summed E-state index contributed by atoms with van der Waals surface area (Å²) in [5.41, 5.74) is 7.90. The van der Waals surface area contributed by atoms with Crippen LogP contribution in [0, 0.1) is 6.92 Å². The molecule has 0 fully saturated rings. The van der Waals surface area contributed by atoms with Gasteiger partial charge in [-0.15, -0.1) is 0 Å². The lowest BCUT2D eigenvalue weighted by Gasteiger charge is -2.10. The van der Waals surface area contributed by atoms with E-state index in [1.165, 1.54) is 27.8 Å². The first-order valence-corrected chi connectivity index (χ1v) is 9.67. The molecule has 3 N–H and O–H groups in total. The van der Waals surface area contributed by atoms with Crippen molar-refractivity contribution in [2.75, 3.05) is 11.9 Å². The third-order valence-corrected chi connectivity index (χ3v) is 5.06. The standard InChI is InChI=1S/C24H23N3O2/c1-16-6-8-17(9-7-16)14-25-24(29)26-15-23(28)27-20-10-11-22-19(13-20)12-18-4-2-3-5-21(18)22/h2-11,13H,12,14-15H2,1H3,(H,27,28)(H2,25,26,29). The molecule has 0 radical (unpaired) electrons. The number of nitrogens with one attached hydrogen (secondary N) is 3. The number of anilines is 1. The summed E-state index contributed by atoms with van der Waals surface area (Å²) in [7, 11) is 0. The van der Waals surface area contributed by atoms with Crippen LogP contribution in [0.1, 0.15) is 22.3 Å². The molecule has 0 aromatic heterocycles. The molecule has 0 saturated carbocycles. The van der Waals surface area contributed by atoms with Crippen LogP contribution in [0.15, 0.2) is 66.7 Å². The topological polar surface area (TPSA) is 70.2 Å². The Balaban J connectivity index is 1.26. The predicted octanol–water partition coefficient (Wildman–Crippen LogP) is 4.00. The summed E-state index contributed by atoms with van der Waals surface area (Å²) in [6, 6.07) is 21.8. The van der Waals surface area contributed by atoms with Gasteiger partial charge in [0.2, 0.25) is 5.91 Å². The Labute approximate surface area is 170 Å². The molecule has 3 aromatic rings. The number of benzene rings is 3. The summed E-state index contributed by atoms with van der Waals surface area (Å²) in [6.45, 7) is 2.35. The Bertz CT molecular complexity index is 1060. The predicted molar refractivity (Wildman–Crippen MR) is 115 cm³/mol. The number of amides is 3. The van der Waals surface area contributed by atoms with Gasteiger partial charge >= 0.3 is 6.03 Å². The molecular formula is C24H23N3O2. The van der Waals surface area contributed by atoms with Gasteiger partial charge in [-0.1, -0.05) is 60.2 Å². The van der Waals surface area contributed by atoms with E-state index in [2.05, 4.69) is 28.1 Å². The van der Waals surface area contributed by atoms with Gasteiger partial charge in [0.15, 0.2) is 0 Å². The lowest BCUT2D eigenvalue weighted by Crippen LogP contribution is -2.39. The van der Waals surface area contributed by atoms with Crippen LogP contribution in [0.25, 0.3) is 11.1 Å². The van der Waals surface area contributed by atoms with E-state index in [0.717, 1.165) is 17.7 Å². The number of carbonyl (C=O) groups is 2. The maximum atomic E-state index is 12.2. The average molecular weight is 385 g/mol. The minimum absolute atomic E-state index is 0.0863. The monoisotopic (exact) mass is 385 g/mol.